The number of nitrogens with one attached hydrogen (secondary N) is 1. The van der Waals surface area contributed by atoms with Crippen LogP contribution in [0.3, 0.4) is 0 Å². The van der Waals surface area contributed by atoms with Crippen LogP contribution in [0.15, 0.2) is 48.5 Å². The minimum Gasteiger partial charge on any atom is -0.336 e. The van der Waals surface area contributed by atoms with Crippen LogP contribution in [-0.4, -0.2) is 17.5 Å². The first-order chi connectivity index (χ1) is 12.5. The molecule has 0 saturated heterocycles. The molecule has 1 aliphatic rings. The molecular formula is C22H25N3O. The van der Waals surface area contributed by atoms with Crippen molar-refractivity contribution in [1.29, 1.82) is 5.26 Å². The van der Waals surface area contributed by atoms with Gasteiger partial charge in [-0.15, -0.1) is 0 Å². The predicted octanol–water partition coefficient (Wildman–Crippen LogP) is 3.52. The zero-order valence-corrected chi connectivity index (χ0v) is 15.3. The molecule has 4 nitrogen and oxygen atoms in total. The first-order valence-electron chi connectivity index (χ1n) is 9.21. The maximum atomic E-state index is 12.1. The number of nitrogens with zero attached hydrogens (tertiary/aromatic N) is 1. The van der Waals surface area contributed by atoms with Crippen molar-refractivity contribution in [1.82, 2.24) is 5.32 Å². The van der Waals surface area contributed by atoms with Gasteiger partial charge in [-0.05, 0) is 41.5 Å². The zero-order chi connectivity index (χ0) is 18.7. The molecule has 1 saturated carbocycles. The van der Waals surface area contributed by atoms with Gasteiger partial charge >= 0.3 is 0 Å². The van der Waals surface area contributed by atoms with Gasteiger partial charge in [0.15, 0.2) is 0 Å². The summed E-state index contributed by atoms with van der Waals surface area (Å²) in [7, 11) is 0. The van der Waals surface area contributed by atoms with Crippen molar-refractivity contribution >= 4 is 5.91 Å². The number of carbonyl (C=O) groups excluding carboxylic acids is 1. The molecular weight excluding hydrogens is 322 g/mol. The molecule has 0 unspecified atom stereocenters. The van der Waals surface area contributed by atoms with Gasteiger partial charge in [0.1, 0.15) is 5.54 Å². The van der Waals surface area contributed by atoms with E-state index in [1.807, 2.05) is 6.92 Å². The van der Waals surface area contributed by atoms with Gasteiger partial charge in [-0.3, -0.25) is 4.79 Å². The average molecular weight is 347 g/mol. The fourth-order valence-corrected chi connectivity index (χ4v) is 3.29. The normalized spacial score (nSPS) is 22.3. The predicted molar refractivity (Wildman–Crippen MR) is 103 cm³/mol. The quantitative estimate of drug-likeness (QED) is 0.839. The third-order valence-corrected chi connectivity index (χ3v) is 5.29. The number of nitrogens with two attached hydrogens (primary N) is 1. The van der Waals surface area contributed by atoms with E-state index < -0.39 is 11.6 Å². The van der Waals surface area contributed by atoms with Crippen molar-refractivity contribution in [2.75, 3.05) is 0 Å². The molecule has 3 atom stereocenters. The van der Waals surface area contributed by atoms with E-state index in [0.29, 0.717) is 12.8 Å². The van der Waals surface area contributed by atoms with E-state index >= 15 is 0 Å². The fourth-order valence-electron chi connectivity index (χ4n) is 3.29. The number of carbonyl (C=O) groups is 1. The first-order valence-corrected chi connectivity index (χ1v) is 9.21. The number of hydrogen-bond donors (Lipinski definition) is 2. The van der Waals surface area contributed by atoms with Crippen molar-refractivity contribution in [2.24, 2.45) is 5.73 Å². The molecule has 2 aromatic carbocycles. The van der Waals surface area contributed by atoms with Crippen LogP contribution in [-0.2, 0) is 11.2 Å². The molecule has 3 N–H and O–H groups in total. The number of benzene rings is 2. The van der Waals surface area contributed by atoms with E-state index in [4.69, 9.17) is 5.73 Å². The molecule has 0 radical (unpaired) electrons. The molecule has 4 heteroatoms. The fraction of sp³-hybridized carbons (Fsp3) is 0.364. The molecule has 1 amide bonds. The molecule has 26 heavy (non-hydrogen) atoms. The first kappa shape index (κ1) is 18.2. The summed E-state index contributed by atoms with van der Waals surface area (Å²) in [4.78, 5) is 12.1. The summed E-state index contributed by atoms with van der Waals surface area (Å²) < 4.78 is 0. The monoisotopic (exact) mass is 347 g/mol. The second kappa shape index (κ2) is 7.31. The summed E-state index contributed by atoms with van der Waals surface area (Å²) in [6.07, 6.45) is 2.23. The summed E-state index contributed by atoms with van der Waals surface area (Å²) >= 11 is 0. The van der Waals surface area contributed by atoms with Crippen molar-refractivity contribution in [3.8, 4) is 17.2 Å². The maximum Gasteiger partial charge on any atom is 0.238 e. The smallest absolute Gasteiger partial charge is 0.238 e. The van der Waals surface area contributed by atoms with Crippen molar-refractivity contribution in [3.63, 3.8) is 0 Å². The van der Waals surface area contributed by atoms with Crippen LogP contribution in [0, 0.1) is 11.3 Å². The maximum absolute atomic E-state index is 12.1. The number of rotatable bonds is 6. The van der Waals surface area contributed by atoms with Crippen LogP contribution < -0.4 is 11.1 Å². The van der Waals surface area contributed by atoms with Gasteiger partial charge in [0, 0.05) is 5.92 Å². The second-order valence-electron chi connectivity index (χ2n) is 7.02. The van der Waals surface area contributed by atoms with E-state index in [2.05, 4.69) is 66.8 Å². The Labute approximate surface area is 155 Å². The van der Waals surface area contributed by atoms with Gasteiger partial charge in [0.05, 0.1) is 12.1 Å². The molecule has 3 rings (SSSR count). The SMILES string of the molecule is CCc1ccc(-c2ccc([C@H]3C[C@@]3(C#N)NC(=O)[C@@H](N)CC)cc2)cc1. The van der Waals surface area contributed by atoms with Gasteiger partial charge in [-0.25, -0.2) is 0 Å². The molecule has 0 bridgehead atoms. The highest BCUT2D eigenvalue weighted by molar-refractivity contribution is 5.83. The largest absolute Gasteiger partial charge is 0.336 e. The van der Waals surface area contributed by atoms with E-state index in [-0.39, 0.29) is 11.8 Å². The van der Waals surface area contributed by atoms with Gasteiger partial charge in [0.25, 0.3) is 0 Å². The van der Waals surface area contributed by atoms with Crippen LogP contribution in [0.2, 0.25) is 0 Å². The number of nitriles is 1. The van der Waals surface area contributed by atoms with E-state index in [1.54, 1.807) is 0 Å². The van der Waals surface area contributed by atoms with Crippen molar-refractivity contribution in [3.05, 3.63) is 59.7 Å². The second-order valence-corrected chi connectivity index (χ2v) is 7.02. The van der Waals surface area contributed by atoms with Crippen molar-refractivity contribution < 1.29 is 4.79 Å². The van der Waals surface area contributed by atoms with Crippen molar-refractivity contribution in [2.45, 2.75) is 50.6 Å². The third-order valence-electron chi connectivity index (χ3n) is 5.29. The van der Waals surface area contributed by atoms with Crippen LogP contribution in [0.4, 0.5) is 0 Å². The summed E-state index contributed by atoms with van der Waals surface area (Å²) in [6, 6.07) is 18.6. The third kappa shape index (κ3) is 3.49. The van der Waals surface area contributed by atoms with E-state index in [9.17, 15) is 10.1 Å². The summed E-state index contributed by atoms with van der Waals surface area (Å²) in [5.74, 6) is -0.221. The summed E-state index contributed by atoms with van der Waals surface area (Å²) in [5, 5.41) is 12.4. The van der Waals surface area contributed by atoms with E-state index in [1.165, 1.54) is 11.1 Å². The summed E-state index contributed by atoms with van der Waals surface area (Å²) in [6.45, 7) is 4.01. The highest BCUT2D eigenvalue weighted by Crippen LogP contribution is 2.51. The van der Waals surface area contributed by atoms with E-state index in [0.717, 1.165) is 17.5 Å². The molecule has 1 aliphatic carbocycles. The lowest BCUT2D eigenvalue weighted by atomic mass is 9.99. The highest BCUT2D eigenvalue weighted by atomic mass is 16.2. The minimum atomic E-state index is -0.811. The molecule has 0 heterocycles. The number of hydrogen-bond acceptors (Lipinski definition) is 3. The lowest BCUT2D eigenvalue weighted by molar-refractivity contribution is -0.123. The molecule has 0 spiro atoms. The minimum absolute atomic E-state index is 0.0250. The summed E-state index contributed by atoms with van der Waals surface area (Å²) in [5.41, 5.74) is 9.69. The zero-order valence-electron chi connectivity index (χ0n) is 15.3. The average Bonchev–Trinajstić information content (AvgIpc) is 3.42. The number of aryl methyl sites for hydroxylation is 1. The molecule has 134 valence electrons. The molecule has 1 fully saturated rings. The standard InChI is InChI=1S/C22H25N3O/c1-3-15-5-7-16(8-6-15)17-9-11-18(12-10-17)19-13-22(19,14-23)25-21(26)20(24)4-2/h5-12,19-20H,3-4,13,24H2,1-2H3,(H,25,26)/t19-,20+,22+/m1/s1. The van der Waals surface area contributed by atoms with Gasteiger partial charge < -0.3 is 11.1 Å². The number of amides is 1. The van der Waals surface area contributed by atoms with Crippen LogP contribution in [0.5, 0.6) is 0 Å². The Kier molecular flexibility index (Phi) is 5.11. The van der Waals surface area contributed by atoms with Crippen LogP contribution in [0.1, 0.15) is 43.7 Å². The Bertz CT molecular complexity index is 820. The lowest BCUT2D eigenvalue weighted by Crippen LogP contribution is -2.46. The Hall–Kier alpha value is -2.64. The lowest BCUT2D eigenvalue weighted by Gasteiger charge is -2.15. The topological polar surface area (TPSA) is 78.9 Å². The Morgan fingerprint density at radius 1 is 1.19 bits per heavy atom. The Morgan fingerprint density at radius 2 is 1.77 bits per heavy atom. The highest BCUT2D eigenvalue weighted by Gasteiger charge is 2.57. The molecule has 0 aromatic heterocycles. The van der Waals surface area contributed by atoms with Crippen LogP contribution >= 0.6 is 0 Å². The van der Waals surface area contributed by atoms with Gasteiger partial charge in [-0.1, -0.05) is 62.4 Å². The van der Waals surface area contributed by atoms with Gasteiger partial charge in [0.2, 0.25) is 5.91 Å². The van der Waals surface area contributed by atoms with Crippen LogP contribution in [0.25, 0.3) is 11.1 Å². The Morgan fingerprint density at radius 3 is 2.27 bits per heavy atom. The van der Waals surface area contributed by atoms with Gasteiger partial charge in [-0.2, -0.15) is 5.26 Å². The molecule has 2 aromatic rings. The Balaban J connectivity index is 1.73. The molecule has 0 aliphatic heterocycles.